The van der Waals surface area contributed by atoms with Gasteiger partial charge >= 0.3 is 5.97 Å². The van der Waals surface area contributed by atoms with Crippen LogP contribution < -0.4 is 10.2 Å². The lowest BCUT2D eigenvalue weighted by molar-refractivity contribution is -0.870. The molecule has 85 heavy (non-hydrogen) atoms. The Hall–Kier alpha value is -3.33. The zero-order valence-electron chi connectivity index (χ0n) is 56.0. The topological polar surface area (TPSA) is 114 Å². The van der Waals surface area contributed by atoms with E-state index in [2.05, 4.69) is 123 Å². The standard InChI is InChI=1S/C75H133N2O7P/c1-7-10-13-16-19-22-25-27-29-31-33-35-36-37-38-39-40-42-43-45-47-49-52-55-58-61-64-67-74(78)76-72(71-83-85(80,81)82-70-69-77(4,5)6)73(66-63-60-57-54-51-24-21-18-15-12-9-3)84-75(79)68-65-62-59-56-53-50-48-46-44-41-34-32-30-28-26-23-20-17-14-11-8-2/h11,14,19-20,22-23,27-30,33-35,41,46,48,63,66,72-73H,7-10,12-13,15-18,21,24-26,31-32,36-40,42-45,47,49-62,64-65,67-71H2,1-6H3,(H-,76,78,80,81)/b14-11-,22-19-,23-20-,29-27-,30-28-,35-33-,41-34-,48-46-,66-63-. The van der Waals surface area contributed by atoms with Gasteiger partial charge < -0.3 is 28.5 Å². The number of unbranched alkanes of at least 4 members (excludes halogenated alkanes) is 31. The number of carbonyl (C=O) groups excluding carboxylic acids is 2. The summed E-state index contributed by atoms with van der Waals surface area (Å²) in [5.41, 5.74) is 0. The van der Waals surface area contributed by atoms with Crippen molar-refractivity contribution in [3.8, 4) is 0 Å². The fraction of sp³-hybridized carbons (Fsp3) is 0.733. The molecular weight excluding hydrogens is 1070 g/mol. The van der Waals surface area contributed by atoms with Crippen LogP contribution >= 0.6 is 7.82 Å². The summed E-state index contributed by atoms with van der Waals surface area (Å²) >= 11 is 0. The number of nitrogens with one attached hydrogen (secondary N) is 1. The van der Waals surface area contributed by atoms with Gasteiger partial charge in [-0.1, -0.05) is 285 Å². The molecule has 0 fully saturated rings. The molecule has 0 aliphatic carbocycles. The molecule has 0 aliphatic rings. The zero-order valence-corrected chi connectivity index (χ0v) is 56.9. The highest BCUT2D eigenvalue weighted by Gasteiger charge is 2.27. The Kier molecular flexibility index (Phi) is 61.2. The number of carbonyl (C=O) groups is 2. The van der Waals surface area contributed by atoms with Crippen molar-refractivity contribution in [2.45, 2.75) is 315 Å². The summed E-state index contributed by atoms with van der Waals surface area (Å²) in [5, 5.41) is 3.03. The van der Waals surface area contributed by atoms with Crippen molar-refractivity contribution in [3.05, 3.63) is 109 Å². The molecule has 0 radical (unpaired) electrons. The third kappa shape index (κ3) is 65.0. The quantitative estimate of drug-likeness (QED) is 0.0212. The number of allylic oxidation sites excluding steroid dienone is 17. The summed E-state index contributed by atoms with van der Waals surface area (Å²) < 4.78 is 30.4. The first kappa shape index (κ1) is 81.7. The Labute approximate surface area is 525 Å². The van der Waals surface area contributed by atoms with Crippen molar-refractivity contribution in [3.63, 3.8) is 0 Å². The monoisotopic (exact) mass is 1200 g/mol. The van der Waals surface area contributed by atoms with Crippen molar-refractivity contribution in [1.82, 2.24) is 5.32 Å². The third-order valence-electron chi connectivity index (χ3n) is 15.2. The second kappa shape index (κ2) is 63.7. The molecular formula is C75H133N2O7P. The molecule has 3 unspecified atom stereocenters. The molecule has 0 aliphatic heterocycles. The van der Waals surface area contributed by atoms with Crippen LogP contribution in [0.2, 0.25) is 0 Å². The van der Waals surface area contributed by atoms with Crippen LogP contribution in [0.5, 0.6) is 0 Å². The first-order valence-corrected chi connectivity index (χ1v) is 36.7. The molecule has 3 atom stereocenters. The van der Waals surface area contributed by atoms with Gasteiger partial charge in [0, 0.05) is 12.8 Å². The number of likely N-dealkylation sites (N-methyl/N-ethyl adjacent to an activating group) is 1. The van der Waals surface area contributed by atoms with Gasteiger partial charge in [-0.2, -0.15) is 0 Å². The van der Waals surface area contributed by atoms with E-state index in [0.717, 1.165) is 116 Å². The predicted molar refractivity (Wildman–Crippen MR) is 367 cm³/mol. The van der Waals surface area contributed by atoms with Gasteiger partial charge in [-0.15, -0.1) is 0 Å². The number of hydrogen-bond donors (Lipinski definition) is 1. The van der Waals surface area contributed by atoms with E-state index in [1.807, 2.05) is 33.3 Å². The van der Waals surface area contributed by atoms with E-state index in [1.54, 1.807) is 0 Å². The van der Waals surface area contributed by atoms with Crippen molar-refractivity contribution >= 4 is 19.7 Å². The number of phosphoric acid groups is 1. The summed E-state index contributed by atoms with van der Waals surface area (Å²) in [5.74, 6) is -0.563. The van der Waals surface area contributed by atoms with Gasteiger partial charge in [0.25, 0.3) is 7.82 Å². The summed E-state index contributed by atoms with van der Waals surface area (Å²) in [6.07, 6.45) is 87.8. The van der Waals surface area contributed by atoms with Crippen LogP contribution in [0.1, 0.15) is 303 Å². The molecule has 0 spiro atoms. The van der Waals surface area contributed by atoms with Gasteiger partial charge in [-0.3, -0.25) is 14.2 Å². The van der Waals surface area contributed by atoms with E-state index in [4.69, 9.17) is 13.8 Å². The maximum Gasteiger partial charge on any atom is 0.306 e. The van der Waals surface area contributed by atoms with Gasteiger partial charge in [-0.25, -0.2) is 0 Å². The number of amides is 1. The summed E-state index contributed by atoms with van der Waals surface area (Å²) in [6, 6.07) is -0.904. The van der Waals surface area contributed by atoms with Crippen molar-refractivity contribution in [2.24, 2.45) is 0 Å². The maximum absolute atomic E-state index is 13.6. The van der Waals surface area contributed by atoms with Crippen LogP contribution in [0.25, 0.3) is 0 Å². The molecule has 0 saturated carbocycles. The Morgan fingerprint density at radius 2 is 0.753 bits per heavy atom. The highest BCUT2D eigenvalue weighted by Crippen LogP contribution is 2.38. The Bertz CT molecular complexity index is 1820. The van der Waals surface area contributed by atoms with Crippen molar-refractivity contribution in [2.75, 3.05) is 40.9 Å². The molecule has 0 aromatic rings. The molecule has 1 N–H and O–H groups in total. The lowest BCUT2D eigenvalue weighted by atomic mass is 10.0. The average Bonchev–Trinajstić information content (AvgIpc) is 3.63. The van der Waals surface area contributed by atoms with E-state index in [-0.39, 0.29) is 24.9 Å². The van der Waals surface area contributed by atoms with Crippen LogP contribution in [0.15, 0.2) is 109 Å². The first-order valence-electron chi connectivity index (χ1n) is 35.2. The van der Waals surface area contributed by atoms with Gasteiger partial charge in [0.05, 0.1) is 33.8 Å². The Balaban J connectivity index is 5.05. The van der Waals surface area contributed by atoms with E-state index in [1.165, 1.54) is 148 Å². The number of rotatable bonds is 63. The number of phosphoric ester groups is 1. The SMILES string of the molecule is CC/C=C\C/C=C\C/C=C\C/C=C\C/C=C\CCCCCCCC(=O)OC(/C=C\CCCCCCCCCCC)C(COP(=O)([O-])OCC[N+](C)(C)C)NC(=O)CCCCCCCCCCCCCCCC/C=C\C/C=C\C/C=C\CCCCC. The fourth-order valence-electron chi connectivity index (χ4n) is 9.79. The summed E-state index contributed by atoms with van der Waals surface area (Å²) in [4.78, 5) is 40.1. The summed E-state index contributed by atoms with van der Waals surface area (Å²) in [6.45, 7) is 6.70. The molecule has 0 rings (SSSR count). The zero-order chi connectivity index (χ0) is 62.1. The number of hydrogen-bond acceptors (Lipinski definition) is 7. The maximum atomic E-state index is 13.6. The van der Waals surface area contributed by atoms with Crippen LogP contribution in [0, 0.1) is 0 Å². The predicted octanol–water partition coefficient (Wildman–Crippen LogP) is 21.8. The molecule has 0 saturated heterocycles. The molecule has 0 aromatic carbocycles. The number of nitrogens with zero attached hydrogens (tertiary/aromatic N) is 1. The fourth-order valence-corrected chi connectivity index (χ4v) is 10.5. The van der Waals surface area contributed by atoms with Crippen LogP contribution in [0.4, 0.5) is 0 Å². The van der Waals surface area contributed by atoms with Crippen LogP contribution in [-0.2, 0) is 27.9 Å². The molecule has 490 valence electrons. The van der Waals surface area contributed by atoms with E-state index in [9.17, 15) is 19.0 Å². The minimum Gasteiger partial charge on any atom is -0.756 e. The normalized spacial score (nSPS) is 14.2. The molecule has 0 heterocycles. The van der Waals surface area contributed by atoms with Crippen LogP contribution in [-0.4, -0.2) is 69.4 Å². The molecule has 9 nitrogen and oxygen atoms in total. The van der Waals surface area contributed by atoms with Gasteiger partial charge in [-0.05, 0) is 115 Å². The molecule has 1 amide bonds. The second-order valence-electron chi connectivity index (χ2n) is 24.6. The average molecular weight is 1210 g/mol. The molecule has 0 aromatic heterocycles. The van der Waals surface area contributed by atoms with Gasteiger partial charge in [0.1, 0.15) is 19.3 Å². The minimum atomic E-state index is -4.71. The highest BCUT2D eigenvalue weighted by atomic mass is 31.2. The number of ether oxygens (including phenoxy) is 1. The van der Waals surface area contributed by atoms with Gasteiger partial charge in [0.15, 0.2) is 0 Å². The van der Waals surface area contributed by atoms with Gasteiger partial charge in [0.2, 0.25) is 5.91 Å². The van der Waals surface area contributed by atoms with E-state index < -0.39 is 26.6 Å². The van der Waals surface area contributed by atoms with E-state index in [0.29, 0.717) is 23.9 Å². The van der Waals surface area contributed by atoms with Crippen molar-refractivity contribution in [1.29, 1.82) is 0 Å². The summed E-state index contributed by atoms with van der Waals surface area (Å²) in [7, 11) is 1.17. The molecule has 0 bridgehead atoms. The first-order chi connectivity index (χ1) is 41.4. The minimum absolute atomic E-state index is 0.0302. The number of quaternary nitrogens is 1. The lowest BCUT2D eigenvalue weighted by Gasteiger charge is -2.30. The Morgan fingerprint density at radius 1 is 0.424 bits per heavy atom. The molecule has 10 heteroatoms. The lowest BCUT2D eigenvalue weighted by Crippen LogP contribution is -2.47. The smallest absolute Gasteiger partial charge is 0.306 e. The van der Waals surface area contributed by atoms with E-state index >= 15 is 0 Å². The second-order valence-corrected chi connectivity index (χ2v) is 26.1. The van der Waals surface area contributed by atoms with Crippen molar-refractivity contribution < 1.29 is 37.3 Å². The highest BCUT2D eigenvalue weighted by molar-refractivity contribution is 7.45. The largest absolute Gasteiger partial charge is 0.756 e. The third-order valence-corrected chi connectivity index (χ3v) is 16.2. The number of esters is 1. The Morgan fingerprint density at radius 3 is 1.15 bits per heavy atom. The van der Waals surface area contributed by atoms with Crippen LogP contribution in [0.3, 0.4) is 0 Å².